The highest BCUT2D eigenvalue weighted by Crippen LogP contribution is 2.46. The zero-order valence-electron chi connectivity index (χ0n) is 18.4. The maximum absolute atomic E-state index is 12.0. The average molecular weight is 450 g/mol. The molecule has 1 aliphatic carbocycles. The SMILES string of the molecule is C[C@H](N)CC1(c2nc(=O)o[nH]2)c2ccc(CNC=O)cc2CCc2cc(CNC=O)ccc21. The number of carbonyl (C=O) groups excluding carboxylic acids is 2. The van der Waals surface area contributed by atoms with Crippen molar-refractivity contribution >= 4 is 12.8 Å². The zero-order valence-corrected chi connectivity index (χ0v) is 18.4. The predicted molar refractivity (Wildman–Crippen MR) is 121 cm³/mol. The van der Waals surface area contributed by atoms with Gasteiger partial charge in [-0.25, -0.2) is 9.95 Å². The second-order valence-electron chi connectivity index (χ2n) is 8.50. The highest BCUT2D eigenvalue weighted by molar-refractivity contribution is 5.56. The maximum Gasteiger partial charge on any atom is 0.459 e. The van der Waals surface area contributed by atoms with E-state index >= 15 is 0 Å². The van der Waals surface area contributed by atoms with E-state index < -0.39 is 11.2 Å². The largest absolute Gasteiger partial charge is 0.459 e. The third kappa shape index (κ3) is 4.31. The molecule has 0 spiro atoms. The summed E-state index contributed by atoms with van der Waals surface area (Å²) in [6.07, 6.45) is 3.36. The number of hydrogen-bond donors (Lipinski definition) is 4. The van der Waals surface area contributed by atoms with Crippen molar-refractivity contribution in [2.45, 2.75) is 50.7 Å². The number of aromatic amines is 1. The summed E-state index contributed by atoms with van der Waals surface area (Å²) in [6, 6.07) is 12.0. The average Bonchev–Trinajstić information content (AvgIpc) is 3.20. The number of fused-ring (bicyclic) bond motifs is 2. The van der Waals surface area contributed by atoms with Gasteiger partial charge in [0.25, 0.3) is 0 Å². The molecule has 2 amide bonds. The lowest BCUT2D eigenvalue weighted by molar-refractivity contribution is -0.110. The van der Waals surface area contributed by atoms with Crippen molar-refractivity contribution in [3.05, 3.63) is 86.2 Å². The smallest absolute Gasteiger partial charge is 0.355 e. The first-order valence-electron chi connectivity index (χ1n) is 10.9. The van der Waals surface area contributed by atoms with Gasteiger partial charge in [-0.15, -0.1) is 0 Å². The lowest BCUT2D eigenvalue weighted by Crippen LogP contribution is -2.38. The molecule has 1 aliphatic rings. The number of nitrogens with one attached hydrogen (secondary N) is 3. The third-order valence-electron chi connectivity index (χ3n) is 6.17. The van der Waals surface area contributed by atoms with Gasteiger partial charge in [0.05, 0.1) is 5.41 Å². The molecule has 172 valence electrons. The van der Waals surface area contributed by atoms with Gasteiger partial charge in [-0.3, -0.25) is 9.59 Å². The zero-order chi connectivity index (χ0) is 23.4. The normalized spacial score (nSPS) is 15.0. The molecule has 0 radical (unpaired) electrons. The summed E-state index contributed by atoms with van der Waals surface area (Å²) in [5.41, 5.74) is 11.7. The molecule has 0 unspecified atom stereocenters. The van der Waals surface area contributed by atoms with Crippen LogP contribution in [0.15, 0.2) is 45.7 Å². The first-order valence-corrected chi connectivity index (χ1v) is 10.9. The molecule has 9 nitrogen and oxygen atoms in total. The van der Waals surface area contributed by atoms with Crippen LogP contribution in [-0.4, -0.2) is 29.0 Å². The summed E-state index contributed by atoms with van der Waals surface area (Å²) in [6.45, 7) is 2.77. The van der Waals surface area contributed by atoms with E-state index in [4.69, 9.17) is 10.3 Å². The molecule has 33 heavy (non-hydrogen) atoms. The number of nitrogens with two attached hydrogens (primary N) is 1. The number of aryl methyl sites for hydroxylation is 2. The molecule has 0 saturated carbocycles. The second-order valence-corrected chi connectivity index (χ2v) is 8.50. The van der Waals surface area contributed by atoms with Gasteiger partial charge in [0.15, 0.2) is 5.82 Å². The summed E-state index contributed by atoms with van der Waals surface area (Å²) in [4.78, 5) is 37.8. The Kier molecular flexibility index (Phi) is 6.41. The van der Waals surface area contributed by atoms with E-state index in [1.54, 1.807) is 0 Å². The Morgan fingerprint density at radius 1 is 1.06 bits per heavy atom. The van der Waals surface area contributed by atoms with Crippen molar-refractivity contribution in [1.82, 2.24) is 20.8 Å². The summed E-state index contributed by atoms with van der Waals surface area (Å²) in [5, 5.41) is 8.17. The van der Waals surface area contributed by atoms with Gasteiger partial charge in [0.1, 0.15) is 0 Å². The number of rotatable bonds is 9. The topological polar surface area (TPSA) is 143 Å². The van der Waals surface area contributed by atoms with Gasteiger partial charge in [0.2, 0.25) is 12.8 Å². The molecule has 5 N–H and O–H groups in total. The van der Waals surface area contributed by atoms with Crippen LogP contribution in [0, 0.1) is 0 Å². The van der Waals surface area contributed by atoms with Gasteiger partial charge >= 0.3 is 5.76 Å². The van der Waals surface area contributed by atoms with Crippen LogP contribution < -0.4 is 22.1 Å². The van der Waals surface area contributed by atoms with Crippen LogP contribution in [0.5, 0.6) is 0 Å². The van der Waals surface area contributed by atoms with Crippen LogP contribution in [0.1, 0.15) is 52.5 Å². The van der Waals surface area contributed by atoms with Crippen LogP contribution in [0.4, 0.5) is 0 Å². The predicted octanol–water partition coefficient (Wildman–Crippen LogP) is 1.03. The van der Waals surface area contributed by atoms with Gasteiger partial charge in [-0.1, -0.05) is 36.4 Å². The summed E-state index contributed by atoms with van der Waals surface area (Å²) in [7, 11) is 0. The molecule has 3 aromatic rings. The van der Waals surface area contributed by atoms with Gasteiger partial charge in [-0.2, -0.15) is 4.98 Å². The fraction of sp³-hybridized carbons (Fsp3) is 0.333. The third-order valence-corrected chi connectivity index (χ3v) is 6.17. The quantitative estimate of drug-likeness (QED) is 0.359. The Morgan fingerprint density at radius 2 is 1.61 bits per heavy atom. The molecular weight excluding hydrogens is 422 g/mol. The minimum atomic E-state index is -0.825. The maximum atomic E-state index is 12.0. The molecule has 1 heterocycles. The van der Waals surface area contributed by atoms with Crippen molar-refractivity contribution in [3.8, 4) is 0 Å². The molecule has 4 rings (SSSR count). The Bertz CT molecular complexity index is 1150. The highest BCUT2D eigenvalue weighted by Gasteiger charge is 2.44. The standard InChI is InChI=1S/C24H27N5O4/c1-15(25)10-24(22-28-23(32)33-29-22)20-6-2-16(11-26-13-30)8-18(20)4-5-19-9-17(12-27-14-31)3-7-21(19)24/h2-3,6-9,13-15H,4-5,10-12,25H2,1H3,(H,26,30)(H,27,31)(H,28,29,32)/t15-/m0/s1. The molecule has 9 heteroatoms. The van der Waals surface area contributed by atoms with Gasteiger partial charge < -0.3 is 20.9 Å². The van der Waals surface area contributed by atoms with Crippen LogP contribution in [0.2, 0.25) is 0 Å². The van der Waals surface area contributed by atoms with Crippen molar-refractivity contribution in [1.29, 1.82) is 0 Å². The molecule has 0 aliphatic heterocycles. The molecule has 0 saturated heterocycles. The number of nitrogens with zero attached hydrogens (tertiary/aromatic N) is 1. The molecule has 0 fully saturated rings. The minimum absolute atomic E-state index is 0.211. The number of amides is 2. The number of benzene rings is 2. The van der Waals surface area contributed by atoms with E-state index in [2.05, 4.69) is 32.9 Å². The van der Waals surface area contributed by atoms with Gasteiger partial charge in [-0.05, 0) is 59.6 Å². The molecular formula is C24H27N5O4. The second kappa shape index (κ2) is 9.41. The fourth-order valence-electron chi connectivity index (χ4n) is 4.96. The van der Waals surface area contributed by atoms with Crippen molar-refractivity contribution in [2.75, 3.05) is 0 Å². The van der Waals surface area contributed by atoms with E-state index in [0.717, 1.165) is 46.2 Å². The van der Waals surface area contributed by atoms with Crippen molar-refractivity contribution in [2.24, 2.45) is 5.73 Å². The van der Waals surface area contributed by atoms with Crippen LogP contribution >= 0.6 is 0 Å². The van der Waals surface area contributed by atoms with Crippen molar-refractivity contribution in [3.63, 3.8) is 0 Å². The lowest BCUT2D eigenvalue weighted by Gasteiger charge is -2.36. The van der Waals surface area contributed by atoms with Crippen LogP contribution in [0.25, 0.3) is 0 Å². The van der Waals surface area contributed by atoms with E-state index in [-0.39, 0.29) is 6.04 Å². The number of hydrogen-bond acceptors (Lipinski definition) is 6. The number of H-pyrrole nitrogens is 1. The van der Waals surface area contributed by atoms with E-state index in [0.29, 0.717) is 38.2 Å². The monoisotopic (exact) mass is 449 g/mol. The molecule has 1 atom stereocenters. The lowest BCUT2D eigenvalue weighted by atomic mass is 9.68. The fourth-order valence-corrected chi connectivity index (χ4v) is 4.96. The van der Waals surface area contributed by atoms with E-state index in [1.165, 1.54) is 0 Å². The minimum Gasteiger partial charge on any atom is -0.355 e. The van der Waals surface area contributed by atoms with E-state index in [1.807, 2.05) is 31.2 Å². The summed E-state index contributed by atoms with van der Waals surface area (Å²) >= 11 is 0. The first kappa shape index (κ1) is 22.5. The first-order chi connectivity index (χ1) is 16.0. The summed E-state index contributed by atoms with van der Waals surface area (Å²) in [5.74, 6) is -0.285. The van der Waals surface area contributed by atoms with Crippen LogP contribution in [0.3, 0.4) is 0 Å². The summed E-state index contributed by atoms with van der Waals surface area (Å²) < 4.78 is 5.02. The molecule has 0 bridgehead atoms. The Balaban J connectivity index is 1.97. The Morgan fingerprint density at radius 3 is 2.03 bits per heavy atom. The Labute approximate surface area is 190 Å². The number of carbonyl (C=O) groups is 2. The number of aromatic nitrogens is 2. The Hall–Kier alpha value is -3.72. The molecule has 2 aromatic carbocycles. The van der Waals surface area contributed by atoms with E-state index in [9.17, 15) is 14.4 Å². The van der Waals surface area contributed by atoms with Crippen LogP contribution in [-0.2, 0) is 40.9 Å². The highest BCUT2D eigenvalue weighted by atomic mass is 16.5. The van der Waals surface area contributed by atoms with Crippen molar-refractivity contribution < 1.29 is 14.1 Å². The van der Waals surface area contributed by atoms with Gasteiger partial charge in [0, 0.05) is 19.1 Å². The molecule has 1 aromatic heterocycles.